The zero-order valence-electron chi connectivity index (χ0n) is 11.4. The Kier molecular flexibility index (Phi) is 3.49. The summed E-state index contributed by atoms with van der Waals surface area (Å²) in [4.78, 5) is 12.1. The SMILES string of the molecule is O=C(Nc1cccc(O)c1)c1cc(-c2ccc(O)cc2)on1. The molecule has 1 amide bonds. The smallest absolute Gasteiger partial charge is 0.277 e. The molecule has 0 aliphatic heterocycles. The number of nitrogens with zero attached hydrogens (tertiary/aromatic N) is 1. The van der Waals surface area contributed by atoms with Crippen molar-refractivity contribution in [3.8, 4) is 22.8 Å². The molecular formula is C16H12N2O4. The third-order valence-electron chi connectivity index (χ3n) is 3.00. The fourth-order valence-electron chi connectivity index (χ4n) is 1.92. The predicted molar refractivity (Wildman–Crippen MR) is 79.7 cm³/mol. The van der Waals surface area contributed by atoms with Crippen molar-refractivity contribution in [3.63, 3.8) is 0 Å². The number of phenols is 2. The number of anilines is 1. The summed E-state index contributed by atoms with van der Waals surface area (Å²) in [5.74, 6) is 0.174. The molecule has 3 rings (SSSR count). The average Bonchev–Trinajstić information content (AvgIpc) is 2.98. The first-order valence-electron chi connectivity index (χ1n) is 6.48. The van der Waals surface area contributed by atoms with Crippen molar-refractivity contribution in [2.45, 2.75) is 0 Å². The molecule has 0 radical (unpaired) electrons. The monoisotopic (exact) mass is 296 g/mol. The Morgan fingerprint density at radius 2 is 1.77 bits per heavy atom. The van der Waals surface area contributed by atoms with Crippen LogP contribution in [0.3, 0.4) is 0 Å². The summed E-state index contributed by atoms with van der Waals surface area (Å²) >= 11 is 0. The van der Waals surface area contributed by atoms with E-state index >= 15 is 0 Å². The van der Waals surface area contributed by atoms with Crippen molar-refractivity contribution < 1.29 is 19.5 Å². The van der Waals surface area contributed by atoms with Gasteiger partial charge in [-0.2, -0.15) is 0 Å². The number of benzene rings is 2. The quantitative estimate of drug-likeness (QED) is 0.690. The minimum Gasteiger partial charge on any atom is -0.508 e. The number of carbonyl (C=O) groups is 1. The molecule has 0 aliphatic rings. The second-order valence-electron chi connectivity index (χ2n) is 4.63. The molecule has 0 saturated carbocycles. The third-order valence-corrected chi connectivity index (χ3v) is 3.00. The van der Waals surface area contributed by atoms with Crippen LogP contribution in [-0.4, -0.2) is 21.3 Å². The zero-order valence-corrected chi connectivity index (χ0v) is 11.4. The molecule has 22 heavy (non-hydrogen) atoms. The Labute approximate surface area is 125 Å². The number of hydrogen-bond acceptors (Lipinski definition) is 5. The summed E-state index contributed by atoms with van der Waals surface area (Å²) in [6.07, 6.45) is 0. The molecule has 0 bridgehead atoms. The Morgan fingerprint density at radius 1 is 1.00 bits per heavy atom. The van der Waals surface area contributed by atoms with E-state index in [1.54, 1.807) is 24.3 Å². The molecule has 110 valence electrons. The predicted octanol–water partition coefficient (Wildman–Crippen LogP) is 3.01. The van der Waals surface area contributed by atoms with E-state index in [9.17, 15) is 15.0 Å². The van der Waals surface area contributed by atoms with Crippen LogP contribution in [0.4, 0.5) is 5.69 Å². The lowest BCUT2D eigenvalue weighted by Gasteiger charge is -2.02. The molecular weight excluding hydrogens is 284 g/mol. The summed E-state index contributed by atoms with van der Waals surface area (Å²) in [6.45, 7) is 0. The van der Waals surface area contributed by atoms with Crippen molar-refractivity contribution in [2.75, 3.05) is 5.32 Å². The molecule has 0 aliphatic carbocycles. The summed E-state index contributed by atoms with van der Waals surface area (Å²) < 4.78 is 5.13. The maximum absolute atomic E-state index is 12.1. The van der Waals surface area contributed by atoms with E-state index < -0.39 is 5.91 Å². The van der Waals surface area contributed by atoms with Gasteiger partial charge in [-0.3, -0.25) is 4.79 Å². The third kappa shape index (κ3) is 2.90. The Hall–Kier alpha value is -3.28. The van der Waals surface area contributed by atoms with Crippen molar-refractivity contribution >= 4 is 11.6 Å². The number of amides is 1. The molecule has 6 heteroatoms. The van der Waals surface area contributed by atoms with Crippen LogP contribution in [0.25, 0.3) is 11.3 Å². The van der Waals surface area contributed by atoms with E-state index in [1.165, 1.54) is 30.3 Å². The van der Waals surface area contributed by atoms with Crippen molar-refractivity contribution in [1.29, 1.82) is 0 Å². The molecule has 0 spiro atoms. The zero-order chi connectivity index (χ0) is 15.5. The minimum atomic E-state index is -0.445. The minimum absolute atomic E-state index is 0.0581. The normalized spacial score (nSPS) is 10.4. The maximum atomic E-state index is 12.1. The molecule has 3 aromatic rings. The average molecular weight is 296 g/mol. The molecule has 0 unspecified atom stereocenters. The van der Waals surface area contributed by atoms with Crippen molar-refractivity contribution in [1.82, 2.24) is 5.16 Å². The highest BCUT2D eigenvalue weighted by atomic mass is 16.5. The fourth-order valence-corrected chi connectivity index (χ4v) is 1.92. The molecule has 3 N–H and O–H groups in total. The maximum Gasteiger partial charge on any atom is 0.277 e. The van der Waals surface area contributed by atoms with Gasteiger partial charge in [0.2, 0.25) is 0 Å². The van der Waals surface area contributed by atoms with Crippen LogP contribution >= 0.6 is 0 Å². The van der Waals surface area contributed by atoms with E-state index in [0.29, 0.717) is 17.0 Å². The van der Waals surface area contributed by atoms with Crippen LogP contribution < -0.4 is 5.32 Å². The second-order valence-corrected chi connectivity index (χ2v) is 4.63. The molecule has 1 aromatic heterocycles. The van der Waals surface area contributed by atoms with Gasteiger partial charge in [0.1, 0.15) is 11.5 Å². The van der Waals surface area contributed by atoms with Crippen LogP contribution in [0.15, 0.2) is 59.1 Å². The van der Waals surface area contributed by atoms with Gasteiger partial charge < -0.3 is 20.1 Å². The summed E-state index contributed by atoms with van der Waals surface area (Å²) in [5, 5.41) is 25.0. The van der Waals surface area contributed by atoms with Gasteiger partial charge in [-0.1, -0.05) is 11.2 Å². The lowest BCUT2D eigenvalue weighted by Crippen LogP contribution is -2.11. The summed E-state index contributed by atoms with van der Waals surface area (Å²) in [7, 11) is 0. The Morgan fingerprint density at radius 3 is 2.50 bits per heavy atom. The molecule has 0 fully saturated rings. The highest BCUT2D eigenvalue weighted by Crippen LogP contribution is 2.23. The van der Waals surface area contributed by atoms with Gasteiger partial charge in [-0.15, -0.1) is 0 Å². The highest BCUT2D eigenvalue weighted by molar-refractivity contribution is 6.03. The molecule has 1 heterocycles. The van der Waals surface area contributed by atoms with E-state index in [2.05, 4.69) is 10.5 Å². The van der Waals surface area contributed by atoms with Gasteiger partial charge in [0.05, 0.1) is 0 Å². The number of nitrogens with one attached hydrogen (secondary N) is 1. The first kappa shape index (κ1) is 13.7. The Balaban J connectivity index is 1.78. The topological polar surface area (TPSA) is 95.6 Å². The van der Waals surface area contributed by atoms with Gasteiger partial charge in [-0.25, -0.2) is 0 Å². The van der Waals surface area contributed by atoms with Crippen LogP contribution in [0.2, 0.25) is 0 Å². The second kappa shape index (κ2) is 5.61. The van der Waals surface area contributed by atoms with Gasteiger partial charge in [-0.05, 0) is 36.4 Å². The van der Waals surface area contributed by atoms with E-state index in [0.717, 1.165) is 0 Å². The molecule has 0 atom stereocenters. The number of phenolic OH excluding ortho intramolecular Hbond substituents is 2. The first-order chi connectivity index (χ1) is 10.6. The van der Waals surface area contributed by atoms with Crippen LogP contribution in [0.5, 0.6) is 11.5 Å². The number of hydrogen-bond donors (Lipinski definition) is 3. The Bertz CT molecular complexity index is 809. The largest absolute Gasteiger partial charge is 0.508 e. The lowest BCUT2D eigenvalue weighted by atomic mass is 10.1. The lowest BCUT2D eigenvalue weighted by molar-refractivity contribution is 0.101. The number of rotatable bonds is 3. The van der Waals surface area contributed by atoms with Gasteiger partial charge in [0.25, 0.3) is 5.91 Å². The molecule has 6 nitrogen and oxygen atoms in total. The fraction of sp³-hybridized carbons (Fsp3) is 0. The number of carbonyl (C=O) groups excluding carboxylic acids is 1. The van der Waals surface area contributed by atoms with Crippen molar-refractivity contribution in [3.05, 3.63) is 60.3 Å². The van der Waals surface area contributed by atoms with E-state index in [1.807, 2.05) is 0 Å². The van der Waals surface area contributed by atoms with Gasteiger partial charge >= 0.3 is 0 Å². The molecule has 0 saturated heterocycles. The summed E-state index contributed by atoms with van der Waals surface area (Å²) in [6, 6.07) is 14.1. The number of aromatic nitrogens is 1. The van der Waals surface area contributed by atoms with Gasteiger partial charge in [0.15, 0.2) is 11.5 Å². The standard InChI is InChI=1S/C16H12N2O4/c19-12-6-4-10(5-7-12)15-9-14(18-22-15)16(21)17-11-2-1-3-13(20)8-11/h1-9,19-20H,(H,17,21). The first-order valence-corrected chi connectivity index (χ1v) is 6.48. The number of aromatic hydroxyl groups is 2. The van der Waals surface area contributed by atoms with E-state index in [-0.39, 0.29) is 17.2 Å². The van der Waals surface area contributed by atoms with Crippen molar-refractivity contribution in [2.24, 2.45) is 0 Å². The summed E-state index contributed by atoms with van der Waals surface area (Å²) in [5.41, 5.74) is 1.27. The van der Waals surface area contributed by atoms with E-state index in [4.69, 9.17) is 4.52 Å². The highest BCUT2D eigenvalue weighted by Gasteiger charge is 2.14. The molecule has 2 aromatic carbocycles. The van der Waals surface area contributed by atoms with Gasteiger partial charge in [0, 0.05) is 23.4 Å². The van der Waals surface area contributed by atoms with Crippen LogP contribution in [-0.2, 0) is 0 Å². The van der Waals surface area contributed by atoms with Crippen LogP contribution in [0.1, 0.15) is 10.5 Å². The van der Waals surface area contributed by atoms with Crippen LogP contribution in [0, 0.1) is 0 Å².